The Bertz CT molecular complexity index is 1400. The van der Waals surface area contributed by atoms with Gasteiger partial charge in [0.1, 0.15) is 23.3 Å². The first-order valence-corrected chi connectivity index (χ1v) is 15.8. The van der Waals surface area contributed by atoms with E-state index in [1.165, 1.54) is 4.90 Å². The number of carbonyl (C=O) groups is 3. The number of ether oxygens (including phenoxy) is 3. The first kappa shape index (κ1) is 32.4. The van der Waals surface area contributed by atoms with E-state index in [9.17, 15) is 19.5 Å². The summed E-state index contributed by atoms with van der Waals surface area (Å²) in [6.45, 7) is 9.57. The second-order valence-electron chi connectivity index (χ2n) is 12.1. The molecule has 1 spiro atoms. The first-order chi connectivity index (χ1) is 21.8. The van der Waals surface area contributed by atoms with E-state index in [0.717, 1.165) is 12.8 Å². The van der Waals surface area contributed by atoms with Gasteiger partial charge in [-0.25, -0.2) is 0 Å². The highest BCUT2D eigenvalue weighted by atomic mass is 16.6. The molecular formula is C36H44N2O7. The number of aliphatic hydroxyl groups is 1. The maximum absolute atomic E-state index is 14.9. The number of esters is 1. The molecule has 0 aromatic heterocycles. The Labute approximate surface area is 265 Å². The number of likely N-dealkylation sites (tertiary alicyclic amines) is 1. The molecular weight excluding hydrogens is 572 g/mol. The maximum atomic E-state index is 14.9. The summed E-state index contributed by atoms with van der Waals surface area (Å²) in [7, 11) is 1.57. The van der Waals surface area contributed by atoms with Gasteiger partial charge in [-0.15, -0.1) is 13.2 Å². The zero-order valence-electron chi connectivity index (χ0n) is 26.2. The van der Waals surface area contributed by atoms with Gasteiger partial charge in [-0.05, 0) is 68.4 Å². The molecule has 9 nitrogen and oxygen atoms in total. The lowest BCUT2D eigenvalue weighted by Crippen LogP contribution is -2.57. The molecule has 3 aliphatic heterocycles. The number of aliphatic hydroxyl groups excluding tert-OH is 1. The minimum absolute atomic E-state index is 0.175. The van der Waals surface area contributed by atoms with Crippen molar-refractivity contribution in [2.45, 2.75) is 68.7 Å². The molecule has 3 fully saturated rings. The summed E-state index contributed by atoms with van der Waals surface area (Å²) in [4.78, 5) is 46.6. The highest BCUT2D eigenvalue weighted by Crippen LogP contribution is 2.65. The molecule has 0 saturated carbocycles. The number of hydrogen-bond donors (Lipinski definition) is 1. The summed E-state index contributed by atoms with van der Waals surface area (Å²) in [5, 5.41) is 10.8. The van der Waals surface area contributed by atoms with E-state index in [0.29, 0.717) is 42.7 Å². The molecule has 240 valence electrons. The van der Waals surface area contributed by atoms with Crippen molar-refractivity contribution in [2.75, 3.05) is 31.8 Å². The average molecular weight is 617 g/mol. The summed E-state index contributed by atoms with van der Waals surface area (Å²) >= 11 is 0. The van der Waals surface area contributed by atoms with Crippen molar-refractivity contribution in [1.82, 2.24) is 4.90 Å². The number of methoxy groups -OCH3 is 1. The highest BCUT2D eigenvalue weighted by molar-refractivity contribution is 6.05. The molecule has 2 amide bonds. The molecule has 2 bridgehead atoms. The number of benzene rings is 2. The number of anilines is 1. The van der Waals surface area contributed by atoms with Crippen molar-refractivity contribution in [3.05, 3.63) is 85.5 Å². The zero-order chi connectivity index (χ0) is 32.2. The fourth-order valence-electron chi connectivity index (χ4n) is 7.67. The molecule has 45 heavy (non-hydrogen) atoms. The molecule has 3 aliphatic rings. The molecule has 2 aromatic carbocycles. The van der Waals surface area contributed by atoms with Crippen LogP contribution in [0.4, 0.5) is 5.69 Å². The van der Waals surface area contributed by atoms with Gasteiger partial charge < -0.3 is 29.1 Å². The second kappa shape index (κ2) is 13.6. The van der Waals surface area contributed by atoms with Crippen LogP contribution in [0.25, 0.3) is 0 Å². The monoisotopic (exact) mass is 616 g/mol. The Morgan fingerprint density at radius 1 is 1.11 bits per heavy atom. The smallest absolute Gasteiger partial charge is 0.312 e. The van der Waals surface area contributed by atoms with Crippen LogP contribution in [-0.4, -0.2) is 71.9 Å². The van der Waals surface area contributed by atoms with Gasteiger partial charge in [-0.2, -0.15) is 0 Å². The lowest BCUT2D eigenvalue weighted by atomic mass is 9.65. The highest BCUT2D eigenvalue weighted by Gasteiger charge is 2.79. The Morgan fingerprint density at radius 2 is 1.84 bits per heavy atom. The van der Waals surface area contributed by atoms with E-state index in [1.54, 1.807) is 42.4 Å². The largest absolute Gasteiger partial charge is 0.497 e. The first-order valence-electron chi connectivity index (χ1n) is 15.8. The quantitative estimate of drug-likeness (QED) is 0.171. The van der Waals surface area contributed by atoms with Crippen LogP contribution < -0.4 is 9.64 Å². The molecule has 2 unspecified atom stereocenters. The lowest BCUT2D eigenvalue weighted by Gasteiger charge is -2.39. The molecule has 0 radical (unpaired) electrons. The van der Waals surface area contributed by atoms with Gasteiger partial charge in [0.25, 0.3) is 5.91 Å². The Kier molecular flexibility index (Phi) is 9.79. The van der Waals surface area contributed by atoms with Crippen molar-refractivity contribution in [1.29, 1.82) is 0 Å². The average Bonchev–Trinajstić information content (AvgIpc) is 3.68. The Hall–Kier alpha value is -3.95. The SMILES string of the molecule is C=CCCCCOC(=O)[C@H]1[C@H]2C(=O)N([C@H](CO)c3ccccc3)C(C(=O)N(CC=C)c3ccc(OC)cc3)C23CC[C@]1(CC)O3. The fraction of sp³-hybridized carbons (Fsp3) is 0.472. The molecule has 2 aromatic rings. The van der Waals surface area contributed by atoms with Crippen LogP contribution in [0.3, 0.4) is 0 Å². The van der Waals surface area contributed by atoms with Gasteiger partial charge >= 0.3 is 5.97 Å². The molecule has 0 aliphatic carbocycles. The van der Waals surface area contributed by atoms with Crippen molar-refractivity contribution < 1.29 is 33.7 Å². The van der Waals surface area contributed by atoms with E-state index in [4.69, 9.17) is 14.2 Å². The summed E-state index contributed by atoms with van der Waals surface area (Å²) in [6, 6.07) is 14.3. The predicted molar refractivity (Wildman–Crippen MR) is 171 cm³/mol. The Balaban J connectivity index is 1.59. The minimum atomic E-state index is -1.27. The zero-order valence-corrected chi connectivity index (χ0v) is 26.2. The molecule has 3 saturated heterocycles. The molecule has 6 atom stereocenters. The minimum Gasteiger partial charge on any atom is -0.497 e. The van der Waals surface area contributed by atoms with Crippen LogP contribution in [0.5, 0.6) is 5.75 Å². The van der Waals surface area contributed by atoms with Gasteiger partial charge in [-0.1, -0.05) is 49.4 Å². The van der Waals surface area contributed by atoms with Crippen molar-refractivity contribution in [3.8, 4) is 5.75 Å². The van der Waals surface area contributed by atoms with Crippen LogP contribution in [0, 0.1) is 11.8 Å². The second-order valence-corrected chi connectivity index (χ2v) is 12.1. The molecule has 3 heterocycles. The van der Waals surface area contributed by atoms with Crippen molar-refractivity contribution in [2.24, 2.45) is 11.8 Å². The van der Waals surface area contributed by atoms with Crippen LogP contribution in [-0.2, 0) is 23.9 Å². The van der Waals surface area contributed by atoms with E-state index in [1.807, 2.05) is 43.3 Å². The van der Waals surface area contributed by atoms with Gasteiger partial charge in [0.2, 0.25) is 5.91 Å². The number of hydrogen-bond acceptors (Lipinski definition) is 7. The van der Waals surface area contributed by atoms with Crippen LogP contribution in [0.15, 0.2) is 79.9 Å². The van der Waals surface area contributed by atoms with Gasteiger partial charge in [0.15, 0.2) is 0 Å². The Morgan fingerprint density at radius 3 is 2.47 bits per heavy atom. The van der Waals surface area contributed by atoms with E-state index in [2.05, 4.69) is 13.2 Å². The summed E-state index contributed by atoms with van der Waals surface area (Å²) in [5.74, 6) is -2.38. The maximum Gasteiger partial charge on any atom is 0.312 e. The van der Waals surface area contributed by atoms with E-state index < -0.39 is 47.7 Å². The summed E-state index contributed by atoms with van der Waals surface area (Å²) in [6.07, 6.45) is 7.23. The summed E-state index contributed by atoms with van der Waals surface area (Å²) < 4.78 is 18.0. The lowest BCUT2D eigenvalue weighted by molar-refractivity contribution is -0.162. The number of fused-ring (bicyclic) bond motifs is 1. The van der Waals surface area contributed by atoms with Crippen molar-refractivity contribution in [3.63, 3.8) is 0 Å². The standard InChI is InChI=1S/C36H44N2O7/c1-5-8-9-13-23-44-34(42)30-29-32(40)38(28(24-39)25-14-11-10-12-15-25)31(36(29)21-20-35(30,7-3)45-36)33(41)37(22-6-2)26-16-18-27(43-4)19-17-26/h5-6,10-12,14-19,28-31,39H,1-2,7-9,13,20-24H2,3-4H3/t28-,29+,30-,31?,35+,36?/m1/s1. The number of carbonyl (C=O) groups excluding carboxylic acids is 3. The number of allylic oxidation sites excluding steroid dienone is 1. The number of unbranched alkanes of at least 4 members (excludes halogenated alkanes) is 2. The van der Waals surface area contributed by atoms with Crippen LogP contribution in [0.2, 0.25) is 0 Å². The summed E-state index contributed by atoms with van der Waals surface area (Å²) in [5.41, 5.74) is -0.913. The normalized spacial score (nSPS) is 27.1. The van der Waals surface area contributed by atoms with Crippen LogP contribution in [0.1, 0.15) is 57.1 Å². The van der Waals surface area contributed by atoms with E-state index in [-0.39, 0.29) is 25.0 Å². The molecule has 9 heteroatoms. The van der Waals surface area contributed by atoms with Gasteiger partial charge in [0, 0.05) is 12.2 Å². The number of nitrogens with zero attached hydrogens (tertiary/aromatic N) is 2. The third-order valence-corrected chi connectivity index (χ3v) is 9.81. The van der Waals surface area contributed by atoms with Gasteiger partial charge in [-0.3, -0.25) is 14.4 Å². The predicted octanol–water partition coefficient (Wildman–Crippen LogP) is 5.00. The molecule has 5 rings (SSSR count). The van der Waals surface area contributed by atoms with Crippen LogP contribution >= 0.6 is 0 Å². The third-order valence-electron chi connectivity index (χ3n) is 9.81. The fourth-order valence-corrected chi connectivity index (χ4v) is 7.67. The number of amides is 2. The van der Waals surface area contributed by atoms with Gasteiger partial charge in [0.05, 0.1) is 37.9 Å². The topological polar surface area (TPSA) is 106 Å². The molecule has 1 N–H and O–H groups in total. The van der Waals surface area contributed by atoms with Crippen molar-refractivity contribution >= 4 is 23.5 Å². The van der Waals surface area contributed by atoms with E-state index >= 15 is 0 Å². The number of rotatable bonds is 15. The third kappa shape index (κ3) is 5.57.